The Balaban J connectivity index is 1.24. The molecule has 2 aromatic heterocycles. The number of aryl methyl sites for hydroxylation is 1. The lowest BCUT2D eigenvalue weighted by atomic mass is 9.85. The molecule has 14 heteroatoms. The Bertz CT molecular complexity index is 2000. The van der Waals surface area contributed by atoms with E-state index in [-0.39, 0.29) is 25.3 Å². The van der Waals surface area contributed by atoms with E-state index in [0.29, 0.717) is 23.9 Å². The van der Waals surface area contributed by atoms with Gasteiger partial charge in [0.1, 0.15) is 23.7 Å². The second-order valence-corrected chi connectivity index (χ2v) is 17.6. The molecule has 0 radical (unpaired) electrons. The topological polar surface area (TPSA) is 160 Å². The Morgan fingerprint density at radius 2 is 2.02 bits per heavy atom. The molecular formula is C36H42N6O6S2. The summed E-state index contributed by atoms with van der Waals surface area (Å²) in [5.41, 5.74) is -0.170. The number of carbonyl (C=O) groups excluding carboxylic acids is 3. The smallest absolute Gasteiger partial charge is 0.259 e. The van der Waals surface area contributed by atoms with Crippen LogP contribution in [0.4, 0.5) is 5.13 Å². The number of amides is 3. The number of nitrogens with zero attached hydrogens (tertiary/aromatic N) is 3. The summed E-state index contributed by atoms with van der Waals surface area (Å²) < 4.78 is 34.1. The highest BCUT2D eigenvalue weighted by Crippen LogP contribution is 2.45. The second-order valence-electron chi connectivity index (χ2n) is 14.8. The van der Waals surface area contributed by atoms with E-state index in [1.54, 1.807) is 12.3 Å². The lowest BCUT2D eigenvalue weighted by molar-refractivity contribution is -0.141. The van der Waals surface area contributed by atoms with Gasteiger partial charge in [0.2, 0.25) is 27.7 Å². The maximum Gasteiger partial charge on any atom is 0.259 e. The van der Waals surface area contributed by atoms with Crippen molar-refractivity contribution in [3.63, 3.8) is 0 Å². The first kappa shape index (κ1) is 34.2. The van der Waals surface area contributed by atoms with Crippen molar-refractivity contribution in [3.05, 3.63) is 65.8 Å². The molecule has 1 saturated heterocycles. The van der Waals surface area contributed by atoms with Crippen LogP contribution in [-0.4, -0.2) is 76.5 Å². The fraction of sp³-hybridized carbons (Fsp3) is 0.472. The molecule has 12 nitrogen and oxygen atoms in total. The largest absolute Gasteiger partial charge is 0.472 e. The van der Waals surface area contributed by atoms with Gasteiger partial charge in [-0.05, 0) is 60.6 Å². The number of fused-ring (bicyclic) bond motifs is 5. The number of thiazole rings is 1. The molecule has 2 aliphatic carbocycles. The SMILES string of the molecule is C=C[C@@H]1C[C@]1(NC(=O)[C@@H]1C[C@@H]2CN1C(=O)[C@H](C(C)(C)C)Nc1nc(cs1)CC/C=C\c1ccc3ccnc(c3c1)O2)C(=O)NS(=O)(=O)C1CC1. The van der Waals surface area contributed by atoms with E-state index in [2.05, 4.69) is 39.1 Å². The zero-order valence-electron chi connectivity index (χ0n) is 28.3. The molecule has 1 aromatic carbocycles. The minimum atomic E-state index is -3.85. The summed E-state index contributed by atoms with van der Waals surface area (Å²) in [6.07, 6.45) is 9.60. The Morgan fingerprint density at radius 1 is 1.22 bits per heavy atom. The van der Waals surface area contributed by atoms with E-state index in [1.165, 1.54) is 16.2 Å². The number of ether oxygens (including phenoxy) is 1. The van der Waals surface area contributed by atoms with Crippen LogP contribution in [0.3, 0.4) is 0 Å². The predicted octanol–water partition coefficient (Wildman–Crippen LogP) is 4.20. The molecule has 0 spiro atoms. The van der Waals surface area contributed by atoms with Gasteiger partial charge in [-0.2, -0.15) is 0 Å². The van der Waals surface area contributed by atoms with Gasteiger partial charge in [0.25, 0.3) is 5.91 Å². The Kier molecular flexibility index (Phi) is 8.74. The number of rotatable bonds is 6. The number of aromatic nitrogens is 2. The first-order valence-corrected chi connectivity index (χ1v) is 19.4. The number of benzene rings is 1. The van der Waals surface area contributed by atoms with Crippen molar-refractivity contribution in [2.45, 2.75) is 88.3 Å². The van der Waals surface area contributed by atoms with E-state index >= 15 is 0 Å². The number of pyridine rings is 1. The maximum atomic E-state index is 14.6. The molecule has 264 valence electrons. The van der Waals surface area contributed by atoms with Crippen LogP contribution in [0.15, 0.2) is 54.6 Å². The van der Waals surface area contributed by atoms with Crippen molar-refractivity contribution in [2.24, 2.45) is 11.3 Å². The normalized spacial score (nSPS) is 27.4. The number of allylic oxidation sites excluding steroid dienone is 1. The summed E-state index contributed by atoms with van der Waals surface area (Å²) in [5, 5.41) is 9.95. The molecule has 2 aliphatic heterocycles. The molecule has 6 bridgehead atoms. The summed E-state index contributed by atoms with van der Waals surface area (Å²) in [5.74, 6) is -1.74. The van der Waals surface area contributed by atoms with Crippen LogP contribution in [0.5, 0.6) is 5.88 Å². The molecule has 4 aliphatic rings. The van der Waals surface area contributed by atoms with Gasteiger partial charge in [-0.15, -0.1) is 17.9 Å². The van der Waals surface area contributed by atoms with Crippen LogP contribution in [0.25, 0.3) is 16.8 Å². The quantitative estimate of drug-likeness (QED) is 0.318. The van der Waals surface area contributed by atoms with Crippen molar-refractivity contribution in [1.82, 2.24) is 24.9 Å². The molecule has 0 unspecified atom stereocenters. The first-order valence-electron chi connectivity index (χ1n) is 17.0. The highest BCUT2D eigenvalue weighted by atomic mass is 32.2. The minimum Gasteiger partial charge on any atom is -0.472 e. The number of nitrogens with one attached hydrogen (secondary N) is 3. The summed E-state index contributed by atoms with van der Waals surface area (Å²) in [7, 11) is -3.85. The summed E-state index contributed by atoms with van der Waals surface area (Å²) >= 11 is 1.43. The zero-order valence-corrected chi connectivity index (χ0v) is 30.0. The van der Waals surface area contributed by atoms with Crippen LogP contribution >= 0.6 is 11.3 Å². The third-order valence-corrected chi connectivity index (χ3v) is 12.6. The van der Waals surface area contributed by atoms with Crippen LogP contribution < -0.4 is 20.1 Å². The Labute approximate surface area is 295 Å². The fourth-order valence-corrected chi connectivity index (χ4v) is 8.92. The van der Waals surface area contributed by atoms with E-state index in [9.17, 15) is 22.8 Å². The third kappa shape index (κ3) is 6.74. The van der Waals surface area contributed by atoms with Gasteiger partial charge in [0.15, 0.2) is 5.13 Å². The van der Waals surface area contributed by atoms with Crippen LogP contribution in [0.2, 0.25) is 0 Å². The molecule has 5 atom stereocenters. The molecule has 7 rings (SSSR count). The van der Waals surface area contributed by atoms with Crippen molar-refractivity contribution in [3.8, 4) is 5.88 Å². The minimum absolute atomic E-state index is 0.0894. The third-order valence-electron chi connectivity index (χ3n) is 9.94. The highest BCUT2D eigenvalue weighted by Gasteiger charge is 2.62. The summed E-state index contributed by atoms with van der Waals surface area (Å²) in [4.78, 5) is 53.2. The van der Waals surface area contributed by atoms with E-state index in [0.717, 1.165) is 34.9 Å². The average molecular weight is 719 g/mol. The van der Waals surface area contributed by atoms with Gasteiger partial charge < -0.3 is 20.3 Å². The molecular weight excluding hydrogens is 677 g/mol. The predicted molar refractivity (Wildman–Crippen MR) is 192 cm³/mol. The Morgan fingerprint density at radius 3 is 2.74 bits per heavy atom. The molecule has 4 heterocycles. The second kappa shape index (κ2) is 12.8. The van der Waals surface area contributed by atoms with Gasteiger partial charge in [0, 0.05) is 29.3 Å². The molecule has 3 amide bonds. The number of anilines is 1. The van der Waals surface area contributed by atoms with Crippen LogP contribution in [-0.2, 0) is 30.8 Å². The number of hydrogen-bond donors (Lipinski definition) is 3. The molecule has 50 heavy (non-hydrogen) atoms. The van der Waals surface area contributed by atoms with Crippen LogP contribution in [0, 0.1) is 11.3 Å². The van der Waals surface area contributed by atoms with E-state index < -0.39 is 62.1 Å². The zero-order chi connectivity index (χ0) is 35.4. The van der Waals surface area contributed by atoms with Gasteiger partial charge >= 0.3 is 0 Å². The summed E-state index contributed by atoms with van der Waals surface area (Å²) in [6.45, 7) is 9.73. The highest BCUT2D eigenvalue weighted by molar-refractivity contribution is 7.91. The maximum absolute atomic E-state index is 14.6. The van der Waals surface area contributed by atoms with Crippen molar-refractivity contribution in [1.29, 1.82) is 0 Å². The monoisotopic (exact) mass is 718 g/mol. The molecule has 2 saturated carbocycles. The lowest BCUT2D eigenvalue weighted by Gasteiger charge is -2.35. The summed E-state index contributed by atoms with van der Waals surface area (Å²) in [6, 6.07) is 6.19. The van der Waals surface area contributed by atoms with Crippen molar-refractivity contribution >= 4 is 61.1 Å². The van der Waals surface area contributed by atoms with Gasteiger partial charge in [-0.1, -0.05) is 51.1 Å². The van der Waals surface area contributed by atoms with Crippen molar-refractivity contribution < 1.29 is 27.5 Å². The standard InChI is InChI=1S/C36H42N6O6S2/c1-5-23-18-36(23,33(45)41-50(46,47)26-12-13-26)40-30(43)28-17-25-19-42(28)32(44)29(35(2,3)4)39-34-38-24(20-49-34)9-7-6-8-21-10-11-22-14-15-37-31(48-25)27(22)16-21/h5-6,8,10-11,14-16,20,23,25-26,28-29H,1,7,9,12-13,17-19H2,2-4H3,(H,38,39)(H,40,43)(H,41,45)/b8-6-/t23-,25-,28+,29-,36-/m1/s1. The van der Waals surface area contributed by atoms with Crippen LogP contribution in [0.1, 0.15) is 64.1 Å². The lowest BCUT2D eigenvalue weighted by Crippen LogP contribution is -2.58. The molecule has 3 fully saturated rings. The van der Waals surface area contributed by atoms with Gasteiger partial charge in [-0.25, -0.2) is 18.4 Å². The fourth-order valence-electron chi connectivity index (χ4n) is 6.79. The molecule has 3 N–H and O–H groups in total. The molecule has 3 aromatic rings. The van der Waals surface area contributed by atoms with Gasteiger partial charge in [-0.3, -0.25) is 19.1 Å². The number of carbonyl (C=O) groups is 3. The number of hydrogen-bond acceptors (Lipinski definition) is 10. The van der Waals surface area contributed by atoms with E-state index in [1.807, 2.05) is 50.4 Å². The average Bonchev–Trinajstić information content (AvgIpc) is 3.96. The van der Waals surface area contributed by atoms with Gasteiger partial charge in [0.05, 0.1) is 17.5 Å². The van der Waals surface area contributed by atoms with E-state index in [4.69, 9.17) is 9.72 Å². The number of sulfonamides is 1. The Hall–Kier alpha value is -4.30. The first-order chi connectivity index (χ1) is 23.8. The van der Waals surface area contributed by atoms with Crippen molar-refractivity contribution in [2.75, 3.05) is 11.9 Å².